The van der Waals surface area contributed by atoms with Crippen LogP contribution in [-0.4, -0.2) is 23.3 Å². The van der Waals surface area contributed by atoms with E-state index in [-0.39, 0.29) is 23.0 Å². The van der Waals surface area contributed by atoms with Crippen molar-refractivity contribution in [1.29, 1.82) is 0 Å². The first kappa shape index (κ1) is 20.9. The molecular formula is C22H18ClF3N2O. The van der Waals surface area contributed by atoms with Gasteiger partial charge in [-0.1, -0.05) is 12.1 Å². The van der Waals surface area contributed by atoms with Gasteiger partial charge in [0.15, 0.2) is 0 Å². The zero-order chi connectivity index (χ0) is 21.0. The summed E-state index contributed by atoms with van der Waals surface area (Å²) >= 11 is 5.58. The molecule has 3 aromatic rings. The molecule has 1 aromatic heterocycles. The molecule has 0 saturated heterocycles. The number of carbonyl (C=O) groups is 1. The van der Waals surface area contributed by atoms with Gasteiger partial charge < -0.3 is 5.32 Å². The van der Waals surface area contributed by atoms with Crippen molar-refractivity contribution in [2.75, 3.05) is 12.4 Å². The van der Waals surface area contributed by atoms with Crippen LogP contribution in [-0.2, 0) is 0 Å². The minimum Gasteiger partial charge on any atom is -0.350 e. The molecule has 3 rings (SSSR count). The second kappa shape index (κ2) is 9.09. The van der Waals surface area contributed by atoms with Crippen LogP contribution < -0.4 is 5.32 Å². The lowest BCUT2D eigenvalue weighted by Crippen LogP contribution is -2.26. The lowest BCUT2D eigenvalue weighted by molar-refractivity contribution is 0.0951. The minimum absolute atomic E-state index is 0.0980. The lowest BCUT2D eigenvalue weighted by Gasteiger charge is -2.21. The fourth-order valence-corrected chi connectivity index (χ4v) is 3.26. The number of alkyl halides is 1. The van der Waals surface area contributed by atoms with Gasteiger partial charge in [0.1, 0.15) is 23.1 Å². The molecule has 0 radical (unpaired) electrons. The number of pyridine rings is 1. The molecule has 2 aromatic carbocycles. The van der Waals surface area contributed by atoms with E-state index in [0.717, 1.165) is 18.2 Å². The number of hydrogen-bond acceptors (Lipinski definition) is 2. The van der Waals surface area contributed by atoms with Gasteiger partial charge in [0, 0.05) is 30.1 Å². The summed E-state index contributed by atoms with van der Waals surface area (Å²) in [5, 5.41) is 2.63. The Balaban J connectivity index is 2.10. The lowest BCUT2D eigenvalue weighted by atomic mass is 9.83. The molecule has 1 unspecified atom stereocenters. The van der Waals surface area contributed by atoms with Crippen molar-refractivity contribution < 1.29 is 18.0 Å². The topological polar surface area (TPSA) is 42.0 Å². The average Bonchev–Trinajstić information content (AvgIpc) is 2.71. The second-order valence-electron chi connectivity index (χ2n) is 6.52. The molecule has 0 aliphatic carbocycles. The summed E-state index contributed by atoms with van der Waals surface area (Å²) in [6.45, 7) is 2.05. The summed E-state index contributed by atoms with van der Waals surface area (Å²) in [5.41, 5.74) is 2.10. The van der Waals surface area contributed by atoms with Crippen LogP contribution in [0.3, 0.4) is 0 Å². The van der Waals surface area contributed by atoms with Crippen LogP contribution >= 0.6 is 11.6 Å². The fourth-order valence-electron chi connectivity index (χ4n) is 3.16. The van der Waals surface area contributed by atoms with Crippen molar-refractivity contribution in [2.24, 2.45) is 0 Å². The molecule has 1 heterocycles. The Morgan fingerprint density at radius 2 is 1.72 bits per heavy atom. The first-order valence-corrected chi connectivity index (χ1v) is 9.45. The molecule has 0 bridgehead atoms. The Bertz CT molecular complexity index is 1030. The number of hydrogen-bond donors (Lipinski definition) is 1. The predicted octanol–water partition coefficient (Wildman–Crippen LogP) is 4.96. The minimum atomic E-state index is -0.723. The maximum Gasteiger partial charge on any atom is 0.269 e. The quantitative estimate of drug-likeness (QED) is 0.575. The molecule has 1 N–H and O–H groups in total. The van der Waals surface area contributed by atoms with Crippen molar-refractivity contribution in [3.05, 3.63) is 100 Å². The highest BCUT2D eigenvalue weighted by Gasteiger charge is 2.24. The third kappa shape index (κ3) is 4.77. The molecule has 0 aliphatic rings. The zero-order valence-corrected chi connectivity index (χ0v) is 16.3. The van der Waals surface area contributed by atoms with Crippen LogP contribution in [0.2, 0.25) is 0 Å². The third-order valence-corrected chi connectivity index (χ3v) is 4.74. The van der Waals surface area contributed by atoms with Crippen molar-refractivity contribution in [3.8, 4) is 0 Å². The van der Waals surface area contributed by atoms with Crippen molar-refractivity contribution in [1.82, 2.24) is 10.3 Å². The van der Waals surface area contributed by atoms with E-state index in [0.29, 0.717) is 23.2 Å². The van der Waals surface area contributed by atoms with Gasteiger partial charge in [-0.3, -0.25) is 9.78 Å². The molecule has 0 saturated carbocycles. The van der Waals surface area contributed by atoms with Gasteiger partial charge in [0.25, 0.3) is 5.91 Å². The van der Waals surface area contributed by atoms with E-state index in [1.165, 1.54) is 30.5 Å². The number of nitrogens with one attached hydrogen (secondary N) is 1. The first-order valence-electron chi connectivity index (χ1n) is 8.92. The average molecular weight is 419 g/mol. The number of carbonyl (C=O) groups excluding carboxylic acids is 1. The van der Waals surface area contributed by atoms with Crippen LogP contribution in [0, 0.1) is 24.4 Å². The van der Waals surface area contributed by atoms with Gasteiger partial charge in [0.2, 0.25) is 0 Å². The third-order valence-electron chi connectivity index (χ3n) is 4.55. The van der Waals surface area contributed by atoms with Crippen LogP contribution in [0.15, 0.2) is 54.7 Å². The smallest absolute Gasteiger partial charge is 0.269 e. The van der Waals surface area contributed by atoms with Crippen molar-refractivity contribution >= 4 is 17.5 Å². The normalized spacial score (nSPS) is 11.9. The Morgan fingerprint density at radius 1 is 1.03 bits per heavy atom. The van der Waals surface area contributed by atoms with E-state index in [1.54, 1.807) is 13.0 Å². The number of halogens is 4. The highest BCUT2D eigenvalue weighted by atomic mass is 35.5. The van der Waals surface area contributed by atoms with Gasteiger partial charge in [-0.2, -0.15) is 0 Å². The molecule has 7 heteroatoms. The Kier molecular flexibility index (Phi) is 6.54. The van der Waals surface area contributed by atoms with Crippen LogP contribution in [0.4, 0.5) is 13.2 Å². The number of benzene rings is 2. The maximum atomic E-state index is 14.6. The fraction of sp³-hybridized carbons (Fsp3) is 0.182. The Morgan fingerprint density at radius 3 is 2.38 bits per heavy atom. The summed E-state index contributed by atoms with van der Waals surface area (Å²) in [6.07, 6.45) is 1.46. The van der Waals surface area contributed by atoms with E-state index in [9.17, 15) is 18.0 Å². The summed E-state index contributed by atoms with van der Waals surface area (Å²) < 4.78 is 41.9. The maximum absolute atomic E-state index is 14.6. The monoisotopic (exact) mass is 418 g/mol. The molecule has 29 heavy (non-hydrogen) atoms. The Hall–Kier alpha value is -2.86. The molecule has 3 nitrogen and oxygen atoms in total. The number of amides is 1. The van der Waals surface area contributed by atoms with Crippen molar-refractivity contribution in [2.45, 2.75) is 12.8 Å². The van der Waals surface area contributed by atoms with Gasteiger partial charge >= 0.3 is 0 Å². The van der Waals surface area contributed by atoms with E-state index in [2.05, 4.69) is 10.3 Å². The summed E-state index contributed by atoms with van der Waals surface area (Å²) in [7, 11) is 0. The molecule has 0 aliphatic heterocycles. The van der Waals surface area contributed by atoms with Gasteiger partial charge in [0.05, 0.1) is 0 Å². The standard InChI is InChI=1S/C22H18ClF3N2O/c1-13-10-20(22(29)27-9-8-23)28-12-18(13)21(14-2-4-15(24)5-3-14)17-11-16(25)6-7-19(17)26/h2-7,10-12,21H,8-9H2,1H3,(H,27,29). The Labute approximate surface area is 171 Å². The number of nitrogens with zero attached hydrogens (tertiary/aromatic N) is 1. The van der Waals surface area contributed by atoms with E-state index < -0.39 is 23.4 Å². The zero-order valence-electron chi connectivity index (χ0n) is 15.6. The van der Waals surface area contributed by atoms with Gasteiger partial charge in [-0.25, -0.2) is 13.2 Å². The van der Waals surface area contributed by atoms with Crippen LogP contribution in [0.5, 0.6) is 0 Å². The number of aryl methyl sites for hydroxylation is 1. The molecule has 0 fully saturated rings. The summed E-state index contributed by atoms with van der Waals surface area (Å²) in [5.74, 6) is -2.45. The predicted molar refractivity (Wildman–Crippen MR) is 106 cm³/mol. The van der Waals surface area contributed by atoms with E-state index in [4.69, 9.17) is 11.6 Å². The summed E-state index contributed by atoms with van der Waals surface area (Å²) in [6, 6.07) is 10.3. The highest BCUT2D eigenvalue weighted by Crippen LogP contribution is 2.35. The van der Waals surface area contributed by atoms with Gasteiger partial charge in [-0.15, -0.1) is 11.6 Å². The number of aromatic nitrogens is 1. The molecule has 1 atom stereocenters. The molecule has 1 amide bonds. The van der Waals surface area contributed by atoms with Crippen LogP contribution in [0.25, 0.3) is 0 Å². The first-order chi connectivity index (χ1) is 13.9. The van der Waals surface area contributed by atoms with E-state index in [1.807, 2.05) is 0 Å². The van der Waals surface area contributed by atoms with Gasteiger partial charge in [-0.05, 0) is 60.0 Å². The molecule has 150 valence electrons. The highest BCUT2D eigenvalue weighted by molar-refractivity contribution is 6.18. The molecule has 0 spiro atoms. The van der Waals surface area contributed by atoms with Crippen LogP contribution in [0.1, 0.15) is 38.7 Å². The summed E-state index contributed by atoms with van der Waals surface area (Å²) in [4.78, 5) is 16.3. The SMILES string of the molecule is Cc1cc(C(=O)NCCCl)ncc1C(c1ccc(F)cc1)c1cc(F)ccc1F. The second-order valence-corrected chi connectivity index (χ2v) is 6.90. The number of rotatable bonds is 6. The molecular weight excluding hydrogens is 401 g/mol. The van der Waals surface area contributed by atoms with Crippen molar-refractivity contribution in [3.63, 3.8) is 0 Å². The largest absolute Gasteiger partial charge is 0.350 e. The van der Waals surface area contributed by atoms with E-state index >= 15 is 0 Å².